The third-order valence-electron chi connectivity index (χ3n) is 3.12. The van der Waals surface area contributed by atoms with Crippen molar-refractivity contribution < 1.29 is 4.74 Å². The minimum Gasteiger partial charge on any atom is -0.496 e. The number of aryl methyl sites for hydroxylation is 1. The molecular formula is C19H23NO. The van der Waals surface area contributed by atoms with Crippen molar-refractivity contribution in [3.8, 4) is 5.75 Å². The Hall–Kier alpha value is -2.35. The van der Waals surface area contributed by atoms with E-state index in [1.54, 1.807) is 19.4 Å². The highest BCUT2D eigenvalue weighted by atomic mass is 16.5. The number of hydrogen-bond acceptors (Lipinski definition) is 2. The Morgan fingerprint density at radius 2 is 2.00 bits per heavy atom. The van der Waals surface area contributed by atoms with Crippen molar-refractivity contribution >= 4 is 11.8 Å². The number of rotatable bonds is 6. The lowest BCUT2D eigenvalue weighted by Crippen LogP contribution is -1.89. The summed E-state index contributed by atoms with van der Waals surface area (Å²) in [6, 6.07) is 6.18. The van der Waals surface area contributed by atoms with Crippen LogP contribution in [0.4, 0.5) is 0 Å². The van der Waals surface area contributed by atoms with Crippen molar-refractivity contribution in [2.45, 2.75) is 20.8 Å². The van der Waals surface area contributed by atoms with E-state index in [9.17, 15) is 0 Å². The van der Waals surface area contributed by atoms with Crippen LogP contribution in [0.2, 0.25) is 0 Å². The lowest BCUT2D eigenvalue weighted by molar-refractivity contribution is 0.411. The first-order chi connectivity index (χ1) is 9.97. The largest absolute Gasteiger partial charge is 0.496 e. The molecule has 0 heterocycles. The van der Waals surface area contributed by atoms with E-state index >= 15 is 0 Å². The van der Waals surface area contributed by atoms with Gasteiger partial charge in [0.25, 0.3) is 0 Å². The van der Waals surface area contributed by atoms with E-state index in [1.807, 2.05) is 32.1 Å². The topological polar surface area (TPSA) is 21.6 Å². The van der Waals surface area contributed by atoms with Gasteiger partial charge in [0.1, 0.15) is 5.75 Å². The van der Waals surface area contributed by atoms with E-state index in [0.29, 0.717) is 0 Å². The first-order valence-corrected chi connectivity index (χ1v) is 6.83. The second kappa shape index (κ2) is 8.05. The molecule has 1 aromatic carbocycles. The van der Waals surface area contributed by atoms with Gasteiger partial charge in [-0.25, -0.2) is 0 Å². The molecule has 0 N–H and O–H groups in total. The Balaban J connectivity index is 2.88. The lowest BCUT2D eigenvalue weighted by atomic mass is 10.0. The number of benzene rings is 1. The number of allylic oxidation sites excluding steroid dienone is 6. The van der Waals surface area contributed by atoms with Gasteiger partial charge in [-0.3, -0.25) is 4.99 Å². The highest BCUT2D eigenvalue weighted by molar-refractivity contribution is 5.84. The average molecular weight is 281 g/mol. The summed E-state index contributed by atoms with van der Waals surface area (Å²) in [5.74, 6) is 0.899. The summed E-state index contributed by atoms with van der Waals surface area (Å²) in [5, 5.41) is 0. The van der Waals surface area contributed by atoms with Crippen LogP contribution >= 0.6 is 0 Å². The zero-order valence-electron chi connectivity index (χ0n) is 13.3. The van der Waals surface area contributed by atoms with Gasteiger partial charge in [-0.1, -0.05) is 31.4 Å². The first-order valence-electron chi connectivity index (χ1n) is 6.83. The maximum absolute atomic E-state index is 5.35. The van der Waals surface area contributed by atoms with Gasteiger partial charge in [-0.05, 0) is 61.3 Å². The molecule has 2 nitrogen and oxygen atoms in total. The monoisotopic (exact) mass is 281 g/mol. The fourth-order valence-corrected chi connectivity index (χ4v) is 1.79. The summed E-state index contributed by atoms with van der Waals surface area (Å²) >= 11 is 0. The van der Waals surface area contributed by atoms with Crippen LogP contribution in [0.25, 0.3) is 5.57 Å². The first kappa shape index (κ1) is 16.7. The molecule has 0 aromatic heterocycles. The quantitative estimate of drug-likeness (QED) is 0.523. The summed E-state index contributed by atoms with van der Waals surface area (Å²) in [6.07, 6.45) is 7.38. The normalized spacial score (nSPS) is 12.6. The Labute approximate surface area is 127 Å². The fourth-order valence-electron chi connectivity index (χ4n) is 1.79. The molecule has 0 aliphatic rings. The van der Waals surface area contributed by atoms with Crippen molar-refractivity contribution in [2.75, 3.05) is 7.11 Å². The zero-order chi connectivity index (χ0) is 15.8. The molecule has 0 amide bonds. The molecule has 0 bridgehead atoms. The number of nitrogens with zero attached hydrogens (tertiary/aromatic N) is 1. The Bertz CT molecular complexity index is 618. The van der Waals surface area contributed by atoms with Crippen LogP contribution in [0.1, 0.15) is 25.0 Å². The third-order valence-corrected chi connectivity index (χ3v) is 3.12. The summed E-state index contributed by atoms with van der Waals surface area (Å²) < 4.78 is 5.35. The molecular weight excluding hydrogens is 258 g/mol. The van der Waals surface area contributed by atoms with E-state index in [-0.39, 0.29) is 0 Å². The van der Waals surface area contributed by atoms with Gasteiger partial charge in [-0.2, -0.15) is 0 Å². The molecule has 0 spiro atoms. The summed E-state index contributed by atoms with van der Waals surface area (Å²) in [7, 11) is 1.69. The smallest absolute Gasteiger partial charge is 0.122 e. The molecule has 0 unspecified atom stereocenters. The molecule has 0 aliphatic carbocycles. The molecule has 110 valence electrons. The molecule has 0 atom stereocenters. The van der Waals surface area contributed by atoms with Gasteiger partial charge >= 0.3 is 0 Å². The second-order valence-corrected chi connectivity index (χ2v) is 4.88. The van der Waals surface area contributed by atoms with E-state index < -0.39 is 0 Å². The summed E-state index contributed by atoms with van der Waals surface area (Å²) in [4.78, 5) is 4.36. The molecule has 1 rings (SSSR count). The van der Waals surface area contributed by atoms with Crippen LogP contribution in [-0.2, 0) is 0 Å². The van der Waals surface area contributed by atoms with Crippen LogP contribution in [0.15, 0.2) is 65.8 Å². The molecule has 0 saturated heterocycles. The SMILES string of the molecule is C=CC(=C)/C=C(C)/N=C/C=C(\C)c1ccc(C)c(OC)c1. The van der Waals surface area contributed by atoms with Gasteiger partial charge in [0.2, 0.25) is 0 Å². The minimum atomic E-state index is 0.855. The standard InChI is InChI=1S/C19H23NO/c1-7-14(2)12-17(5)20-11-10-15(3)18-9-8-16(4)19(13-18)21-6/h7-13H,1-2H2,3-6H3/b15-10+,17-12+,20-11+. The Kier molecular flexibility index (Phi) is 6.41. The predicted octanol–water partition coefficient (Wildman–Crippen LogP) is 5.12. The van der Waals surface area contributed by atoms with Gasteiger partial charge < -0.3 is 4.74 Å². The summed E-state index contributed by atoms with van der Waals surface area (Å²) in [6.45, 7) is 13.5. The molecule has 21 heavy (non-hydrogen) atoms. The third kappa shape index (κ3) is 5.27. The Morgan fingerprint density at radius 3 is 2.62 bits per heavy atom. The summed E-state index contributed by atoms with van der Waals surface area (Å²) in [5.41, 5.74) is 5.14. The molecule has 0 fully saturated rings. The van der Waals surface area contributed by atoms with Gasteiger partial charge in [0.05, 0.1) is 7.11 Å². The van der Waals surface area contributed by atoms with E-state index in [4.69, 9.17) is 4.74 Å². The highest BCUT2D eigenvalue weighted by Gasteiger charge is 2.01. The molecule has 0 aliphatic heterocycles. The number of ether oxygens (including phenoxy) is 1. The van der Waals surface area contributed by atoms with Crippen LogP contribution in [-0.4, -0.2) is 13.3 Å². The van der Waals surface area contributed by atoms with Crippen LogP contribution in [0.5, 0.6) is 5.75 Å². The van der Waals surface area contributed by atoms with Crippen molar-refractivity contribution in [3.05, 3.63) is 72.0 Å². The molecule has 2 heteroatoms. The van der Waals surface area contributed by atoms with E-state index in [1.165, 1.54) is 0 Å². The van der Waals surface area contributed by atoms with E-state index in [0.717, 1.165) is 33.7 Å². The maximum atomic E-state index is 5.35. The molecule has 0 radical (unpaired) electrons. The predicted molar refractivity (Wildman–Crippen MR) is 93.0 cm³/mol. The number of hydrogen-bond donors (Lipinski definition) is 0. The fraction of sp³-hybridized carbons (Fsp3) is 0.211. The highest BCUT2D eigenvalue weighted by Crippen LogP contribution is 2.23. The van der Waals surface area contributed by atoms with Crippen molar-refractivity contribution in [1.82, 2.24) is 0 Å². The average Bonchev–Trinajstić information content (AvgIpc) is 2.47. The minimum absolute atomic E-state index is 0.855. The molecule has 0 saturated carbocycles. The maximum Gasteiger partial charge on any atom is 0.122 e. The van der Waals surface area contributed by atoms with Crippen LogP contribution < -0.4 is 4.74 Å². The van der Waals surface area contributed by atoms with Crippen molar-refractivity contribution in [1.29, 1.82) is 0 Å². The molecule has 1 aromatic rings. The second-order valence-electron chi connectivity index (χ2n) is 4.88. The number of methoxy groups -OCH3 is 1. The Morgan fingerprint density at radius 1 is 1.29 bits per heavy atom. The number of aliphatic imine (C=N–C) groups is 1. The van der Waals surface area contributed by atoms with Crippen LogP contribution in [0, 0.1) is 6.92 Å². The zero-order valence-corrected chi connectivity index (χ0v) is 13.3. The van der Waals surface area contributed by atoms with Crippen molar-refractivity contribution in [3.63, 3.8) is 0 Å². The van der Waals surface area contributed by atoms with E-state index in [2.05, 4.69) is 37.2 Å². The van der Waals surface area contributed by atoms with Crippen molar-refractivity contribution in [2.24, 2.45) is 4.99 Å². The van der Waals surface area contributed by atoms with Gasteiger partial charge in [0.15, 0.2) is 0 Å². The lowest BCUT2D eigenvalue weighted by Gasteiger charge is -2.07. The van der Waals surface area contributed by atoms with Crippen LogP contribution in [0.3, 0.4) is 0 Å². The van der Waals surface area contributed by atoms with Gasteiger partial charge in [0, 0.05) is 11.9 Å². The van der Waals surface area contributed by atoms with Gasteiger partial charge in [-0.15, -0.1) is 0 Å².